The first-order valence-electron chi connectivity index (χ1n) is 11.3. The second-order valence-electron chi connectivity index (χ2n) is 9.26. The van der Waals surface area contributed by atoms with Crippen molar-refractivity contribution in [3.8, 4) is 0 Å². The van der Waals surface area contributed by atoms with E-state index in [1.54, 1.807) is 0 Å². The molecule has 160 valence electrons. The standard InChI is InChI=1S/C21H36N4O2.HI/c1-2-22-20(23-18-17-5-11-27-19(17)21(18)6-3-7-21)25-8-4-16(15-25)14-24-9-12-26-13-10-24;/h16-19H,2-15H2,1H3,(H,22,23);1H. The molecule has 2 saturated carbocycles. The predicted octanol–water partition coefficient (Wildman–Crippen LogP) is 2.18. The lowest BCUT2D eigenvalue weighted by Crippen LogP contribution is -2.72. The number of nitrogens with zero attached hydrogens (tertiary/aromatic N) is 3. The fourth-order valence-electron chi connectivity index (χ4n) is 6.30. The second kappa shape index (κ2) is 8.94. The molecule has 6 nitrogen and oxygen atoms in total. The van der Waals surface area contributed by atoms with Crippen molar-refractivity contribution in [2.75, 3.05) is 59.1 Å². The van der Waals surface area contributed by atoms with E-state index < -0.39 is 0 Å². The van der Waals surface area contributed by atoms with Gasteiger partial charge in [0.25, 0.3) is 0 Å². The van der Waals surface area contributed by atoms with Gasteiger partial charge in [0.05, 0.1) is 19.3 Å². The maximum Gasteiger partial charge on any atom is 0.194 e. The fraction of sp³-hybridized carbons (Fsp3) is 0.952. The van der Waals surface area contributed by atoms with Crippen molar-refractivity contribution in [3.05, 3.63) is 0 Å². The molecule has 0 aromatic rings. The Morgan fingerprint density at radius 2 is 1.96 bits per heavy atom. The lowest BCUT2D eigenvalue weighted by molar-refractivity contribution is -0.171. The van der Waals surface area contributed by atoms with Crippen LogP contribution in [0.1, 0.15) is 39.0 Å². The molecule has 5 fully saturated rings. The number of hydrogen-bond acceptors (Lipinski definition) is 4. The summed E-state index contributed by atoms with van der Waals surface area (Å²) >= 11 is 0. The SMILES string of the molecule is CCN=C(NC1C2CCOC2C12CCC2)N1CCC(CN2CCOCC2)C1.I. The van der Waals surface area contributed by atoms with Gasteiger partial charge in [-0.05, 0) is 38.5 Å². The lowest BCUT2D eigenvalue weighted by atomic mass is 9.46. The number of guanidine groups is 1. The van der Waals surface area contributed by atoms with Crippen molar-refractivity contribution in [3.63, 3.8) is 0 Å². The third-order valence-corrected chi connectivity index (χ3v) is 7.83. The molecule has 5 aliphatic rings. The molecule has 0 aromatic carbocycles. The minimum Gasteiger partial charge on any atom is -0.379 e. The van der Waals surface area contributed by atoms with Crippen molar-refractivity contribution >= 4 is 29.9 Å². The van der Waals surface area contributed by atoms with E-state index >= 15 is 0 Å². The van der Waals surface area contributed by atoms with Gasteiger partial charge >= 0.3 is 0 Å². The smallest absolute Gasteiger partial charge is 0.194 e. The Morgan fingerprint density at radius 3 is 2.68 bits per heavy atom. The lowest BCUT2D eigenvalue weighted by Gasteiger charge is -2.63. The number of fused-ring (bicyclic) bond motifs is 2. The molecule has 3 aliphatic heterocycles. The van der Waals surface area contributed by atoms with E-state index in [-0.39, 0.29) is 24.0 Å². The van der Waals surface area contributed by atoms with E-state index in [1.165, 1.54) is 44.6 Å². The highest BCUT2D eigenvalue weighted by Gasteiger charge is 2.66. The molecule has 7 heteroatoms. The molecule has 2 aliphatic carbocycles. The summed E-state index contributed by atoms with van der Waals surface area (Å²) in [5.41, 5.74) is 0.419. The van der Waals surface area contributed by atoms with Crippen LogP contribution in [0.5, 0.6) is 0 Å². The number of rotatable bonds is 4. The maximum absolute atomic E-state index is 6.10. The van der Waals surface area contributed by atoms with Gasteiger partial charge in [0.2, 0.25) is 0 Å². The number of morpholine rings is 1. The van der Waals surface area contributed by atoms with Crippen LogP contribution in [0.3, 0.4) is 0 Å². The van der Waals surface area contributed by atoms with Crippen molar-refractivity contribution in [1.29, 1.82) is 0 Å². The van der Waals surface area contributed by atoms with E-state index in [4.69, 9.17) is 14.5 Å². The summed E-state index contributed by atoms with van der Waals surface area (Å²) in [6, 6.07) is 0.586. The second-order valence-corrected chi connectivity index (χ2v) is 9.26. The van der Waals surface area contributed by atoms with E-state index in [0.29, 0.717) is 23.5 Å². The Bertz CT molecular complexity index is 565. The first kappa shape index (κ1) is 21.1. The zero-order chi connectivity index (χ0) is 18.3. The number of hydrogen-bond donors (Lipinski definition) is 1. The summed E-state index contributed by atoms with van der Waals surface area (Å²) in [7, 11) is 0. The Kier molecular flexibility index (Phi) is 6.74. The number of ether oxygens (including phenoxy) is 2. The van der Waals surface area contributed by atoms with Crippen LogP contribution in [-0.2, 0) is 9.47 Å². The molecule has 4 atom stereocenters. The summed E-state index contributed by atoms with van der Waals surface area (Å²) < 4.78 is 11.6. The zero-order valence-electron chi connectivity index (χ0n) is 17.3. The van der Waals surface area contributed by atoms with Crippen LogP contribution in [-0.4, -0.2) is 87.0 Å². The molecular weight excluding hydrogens is 467 g/mol. The average Bonchev–Trinajstić information content (AvgIpc) is 3.26. The van der Waals surface area contributed by atoms with Gasteiger partial charge in [-0.3, -0.25) is 9.89 Å². The quantitative estimate of drug-likeness (QED) is 0.362. The predicted molar refractivity (Wildman–Crippen MR) is 121 cm³/mol. The molecule has 0 bridgehead atoms. The summed E-state index contributed by atoms with van der Waals surface area (Å²) in [6.07, 6.45) is 7.08. The Morgan fingerprint density at radius 1 is 1.14 bits per heavy atom. The minimum atomic E-state index is 0. The molecule has 5 rings (SSSR count). The maximum atomic E-state index is 6.10. The first-order valence-corrected chi connectivity index (χ1v) is 11.3. The number of halogens is 1. The molecule has 0 aromatic heterocycles. The number of nitrogens with one attached hydrogen (secondary N) is 1. The Hall–Kier alpha value is -0.120. The third-order valence-electron chi connectivity index (χ3n) is 7.83. The fourth-order valence-corrected chi connectivity index (χ4v) is 6.30. The summed E-state index contributed by atoms with van der Waals surface area (Å²) in [4.78, 5) is 10.0. The van der Waals surface area contributed by atoms with Crippen LogP contribution in [0.15, 0.2) is 4.99 Å². The molecular formula is C21H37IN4O2. The average molecular weight is 504 g/mol. The molecule has 28 heavy (non-hydrogen) atoms. The highest BCUT2D eigenvalue weighted by Crippen LogP contribution is 2.62. The summed E-state index contributed by atoms with van der Waals surface area (Å²) in [5, 5.41) is 3.95. The molecule has 4 unspecified atom stereocenters. The van der Waals surface area contributed by atoms with Gasteiger partial charge < -0.3 is 19.7 Å². The van der Waals surface area contributed by atoms with Crippen molar-refractivity contribution in [2.45, 2.75) is 51.2 Å². The highest BCUT2D eigenvalue weighted by molar-refractivity contribution is 14.0. The molecule has 0 amide bonds. The number of aliphatic imine (C=N–C) groups is 1. The third kappa shape index (κ3) is 3.69. The molecule has 1 N–H and O–H groups in total. The van der Waals surface area contributed by atoms with Gasteiger partial charge in [-0.1, -0.05) is 6.42 Å². The normalized spacial score (nSPS) is 37.2. The summed E-state index contributed by atoms with van der Waals surface area (Å²) in [5.74, 6) is 2.64. The van der Waals surface area contributed by atoms with Crippen LogP contribution >= 0.6 is 24.0 Å². The van der Waals surface area contributed by atoms with E-state index in [1.807, 2.05) is 0 Å². The zero-order valence-corrected chi connectivity index (χ0v) is 19.6. The van der Waals surface area contributed by atoms with Crippen molar-refractivity contribution in [1.82, 2.24) is 15.1 Å². The molecule has 3 heterocycles. The van der Waals surface area contributed by atoms with Crippen LogP contribution in [0.2, 0.25) is 0 Å². The first-order chi connectivity index (χ1) is 13.3. The van der Waals surface area contributed by atoms with E-state index in [2.05, 4.69) is 22.0 Å². The van der Waals surface area contributed by atoms with Crippen molar-refractivity contribution in [2.24, 2.45) is 22.2 Å². The molecule has 0 radical (unpaired) electrons. The van der Waals surface area contributed by atoms with Gasteiger partial charge in [-0.15, -0.1) is 24.0 Å². The van der Waals surface area contributed by atoms with Crippen molar-refractivity contribution < 1.29 is 9.47 Å². The Balaban J connectivity index is 0.00000192. The number of likely N-dealkylation sites (tertiary alicyclic amines) is 1. The van der Waals surface area contributed by atoms with Crippen LogP contribution < -0.4 is 5.32 Å². The van der Waals surface area contributed by atoms with Gasteiger partial charge in [-0.2, -0.15) is 0 Å². The molecule has 1 spiro atoms. The van der Waals surface area contributed by atoms with Gasteiger partial charge in [0.1, 0.15) is 0 Å². The van der Waals surface area contributed by atoms with E-state index in [9.17, 15) is 0 Å². The topological polar surface area (TPSA) is 49.3 Å². The van der Waals surface area contributed by atoms with Crippen LogP contribution in [0.25, 0.3) is 0 Å². The van der Waals surface area contributed by atoms with Gasteiger partial charge in [0.15, 0.2) is 5.96 Å². The molecule has 3 saturated heterocycles. The monoisotopic (exact) mass is 504 g/mol. The largest absolute Gasteiger partial charge is 0.379 e. The van der Waals surface area contributed by atoms with Gasteiger partial charge in [-0.25, -0.2) is 0 Å². The highest BCUT2D eigenvalue weighted by atomic mass is 127. The minimum absolute atomic E-state index is 0. The van der Waals surface area contributed by atoms with Gasteiger partial charge in [0, 0.05) is 63.3 Å². The van der Waals surface area contributed by atoms with Crippen LogP contribution in [0, 0.1) is 17.3 Å². The Labute approximate surface area is 186 Å². The van der Waals surface area contributed by atoms with Crippen LogP contribution in [0.4, 0.5) is 0 Å². The van der Waals surface area contributed by atoms with E-state index in [0.717, 1.165) is 58.5 Å². The summed E-state index contributed by atoms with van der Waals surface area (Å²) in [6.45, 7) is 11.5.